The van der Waals surface area contributed by atoms with Gasteiger partial charge in [-0.3, -0.25) is 4.98 Å². The molecule has 4 aromatic rings. The monoisotopic (exact) mass is 543 g/mol. The van der Waals surface area contributed by atoms with Crippen LogP contribution in [0.15, 0.2) is 35.4 Å². The molecule has 0 spiro atoms. The van der Waals surface area contributed by atoms with Crippen molar-refractivity contribution < 1.29 is 21.9 Å². The summed E-state index contributed by atoms with van der Waals surface area (Å²) in [7, 11) is -3.66. The van der Waals surface area contributed by atoms with Crippen molar-refractivity contribution in [2.45, 2.75) is 50.5 Å². The molecular weight excluding hydrogens is 516 g/mol. The molecule has 200 valence electrons. The molecule has 0 bridgehead atoms. The minimum absolute atomic E-state index is 0.0632. The van der Waals surface area contributed by atoms with E-state index in [0.717, 1.165) is 42.5 Å². The van der Waals surface area contributed by atoms with Crippen LogP contribution >= 0.6 is 0 Å². The molecule has 0 aliphatic carbocycles. The van der Waals surface area contributed by atoms with Crippen molar-refractivity contribution in [2.24, 2.45) is 0 Å². The predicted molar refractivity (Wildman–Crippen MR) is 139 cm³/mol. The Hall–Kier alpha value is -3.71. The summed E-state index contributed by atoms with van der Waals surface area (Å²) in [5.74, 6) is 0.134. The molecule has 1 aromatic carbocycles. The van der Waals surface area contributed by atoms with E-state index in [9.17, 15) is 17.2 Å². The topological polar surface area (TPSA) is 135 Å². The first kappa shape index (κ1) is 25.9. The number of aromatic amines is 1. The number of hydrogen-bond donors (Lipinski definition) is 3. The van der Waals surface area contributed by atoms with Gasteiger partial charge in [-0.25, -0.2) is 32.2 Å². The van der Waals surface area contributed by atoms with Gasteiger partial charge in [-0.05, 0) is 50.8 Å². The standard InChI is InChI=1S/C25H27F2N7O3S/c1-13-14(2)29-21(12-28-13)31-20-11-17(22-24(32-20)34-25(33-22)23(26)27)30-16-8-7-15(10-19(16)38(3,35)36)18-6-4-5-9-37-18/h7-8,10-12,18,23H,4-6,9H2,1-3H3,(H3,29,30,31,32,33,34). The van der Waals surface area contributed by atoms with Crippen LogP contribution < -0.4 is 10.6 Å². The zero-order valence-corrected chi connectivity index (χ0v) is 21.9. The molecule has 4 heterocycles. The molecule has 5 rings (SSSR count). The van der Waals surface area contributed by atoms with E-state index in [1.54, 1.807) is 18.2 Å². The van der Waals surface area contributed by atoms with Gasteiger partial charge in [0.2, 0.25) is 0 Å². The average Bonchev–Trinajstić information content (AvgIpc) is 3.31. The summed E-state index contributed by atoms with van der Waals surface area (Å²) < 4.78 is 58.3. The summed E-state index contributed by atoms with van der Waals surface area (Å²) in [4.78, 5) is 19.7. The number of halogens is 2. The van der Waals surface area contributed by atoms with Gasteiger partial charge in [0.25, 0.3) is 6.43 Å². The fourth-order valence-electron chi connectivity index (χ4n) is 4.30. The quantitative estimate of drug-likeness (QED) is 0.279. The van der Waals surface area contributed by atoms with Crippen LogP contribution in [0.3, 0.4) is 0 Å². The van der Waals surface area contributed by atoms with E-state index in [1.807, 2.05) is 19.9 Å². The fourth-order valence-corrected chi connectivity index (χ4v) is 5.17. The van der Waals surface area contributed by atoms with E-state index in [0.29, 0.717) is 12.4 Å². The number of imidazole rings is 1. The third-order valence-corrected chi connectivity index (χ3v) is 7.49. The molecule has 1 fully saturated rings. The number of rotatable bonds is 7. The number of pyridine rings is 1. The Morgan fingerprint density at radius 2 is 1.84 bits per heavy atom. The van der Waals surface area contributed by atoms with E-state index in [-0.39, 0.29) is 39.4 Å². The number of H-pyrrole nitrogens is 1. The van der Waals surface area contributed by atoms with Gasteiger partial charge in [-0.1, -0.05) is 6.07 Å². The van der Waals surface area contributed by atoms with Crippen molar-refractivity contribution in [1.82, 2.24) is 24.9 Å². The predicted octanol–water partition coefficient (Wildman–Crippen LogP) is 5.43. The van der Waals surface area contributed by atoms with Crippen LogP contribution in [0.5, 0.6) is 0 Å². The van der Waals surface area contributed by atoms with E-state index < -0.39 is 22.1 Å². The largest absolute Gasteiger partial charge is 0.374 e. The number of nitrogens with one attached hydrogen (secondary N) is 3. The number of nitrogens with zero attached hydrogens (tertiary/aromatic N) is 4. The Labute approximate surface area is 218 Å². The molecule has 3 aromatic heterocycles. The molecule has 1 aliphatic rings. The van der Waals surface area contributed by atoms with Crippen LogP contribution in [0.1, 0.15) is 54.6 Å². The zero-order chi connectivity index (χ0) is 27.0. The Balaban J connectivity index is 1.57. The first-order chi connectivity index (χ1) is 18.1. The van der Waals surface area contributed by atoms with Crippen molar-refractivity contribution in [3.8, 4) is 0 Å². The molecule has 0 amide bonds. The van der Waals surface area contributed by atoms with Crippen molar-refractivity contribution in [3.63, 3.8) is 0 Å². The summed E-state index contributed by atoms with van der Waals surface area (Å²) in [5.41, 5.74) is 3.05. The SMILES string of the molecule is Cc1ncc(Nc2cc(Nc3ccc(C4CCCCO4)cc3S(C)(=O)=O)c3nc(C(F)F)[nH]c3n2)nc1C. The molecule has 3 N–H and O–H groups in total. The Kier molecular flexibility index (Phi) is 6.97. The molecule has 1 aliphatic heterocycles. The van der Waals surface area contributed by atoms with Gasteiger partial charge in [-0.2, -0.15) is 0 Å². The third kappa shape index (κ3) is 5.43. The molecule has 1 atom stereocenters. The summed E-state index contributed by atoms with van der Waals surface area (Å²) in [6.45, 7) is 4.27. The number of benzene rings is 1. The maximum absolute atomic E-state index is 13.5. The average molecular weight is 544 g/mol. The molecule has 1 unspecified atom stereocenters. The van der Waals surface area contributed by atoms with Crippen molar-refractivity contribution in [3.05, 3.63) is 53.2 Å². The molecule has 38 heavy (non-hydrogen) atoms. The highest BCUT2D eigenvalue weighted by Crippen LogP contribution is 2.35. The number of anilines is 4. The number of aryl methyl sites for hydroxylation is 2. The summed E-state index contributed by atoms with van der Waals surface area (Å²) in [6, 6.07) is 6.62. The highest BCUT2D eigenvalue weighted by atomic mass is 32.2. The molecule has 0 radical (unpaired) electrons. The lowest BCUT2D eigenvalue weighted by atomic mass is 10.0. The van der Waals surface area contributed by atoms with Crippen molar-refractivity contribution in [2.75, 3.05) is 23.5 Å². The van der Waals surface area contributed by atoms with Crippen LogP contribution in [0.25, 0.3) is 11.2 Å². The summed E-state index contributed by atoms with van der Waals surface area (Å²) in [6.07, 6.45) is 2.41. The van der Waals surface area contributed by atoms with Crippen LogP contribution in [0.4, 0.5) is 31.8 Å². The zero-order valence-electron chi connectivity index (χ0n) is 21.0. The van der Waals surface area contributed by atoms with Gasteiger partial charge in [0.1, 0.15) is 17.2 Å². The van der Waals surface area contributed by atoms with E-state index in [2.05, 4.69) is 35.6 Å². The Bertz CT molecular complexity index is 1600. The summed E-state index contributed by atoms with van der Waals surface area (Å²) in [5, 5.41) is 6.12. The van der Waals surface area contributed by atoms with Crippen LogP contribution in [0.2, 0.25) is 0 Å². The smallest absolute Gasteiger partial charge is 0.295 e. The number of ether oxygens (including phenoxy) is 1. The normalized spacial score (nSPS) is 16.2. The lowest BCUT2D eigenvalue weighted by Crippen LogP contribution is -2.13. The number of fused-ring (bicyclic) bond motifs is 1. The van der Waals surface area contributed by atoms with Crippen LogP contribution in [-0.4, -0.2) is 46.2 Å². The highest BCUT2D eigenvalue weighted by molar-refractivity contribution is 7.90. The molecular formula is C25H27F2N7O3S. The number of aromatic nitrogens is 5. The number of alkyl halides is 2. The van der Waals surface area contributed by atoms with Crippen LogP contribution in [-0.2, 0) is 14.6 Å². The molecule has 13 heteroatoms. The lowest BCUT2D eigenvalue weighted by molar-refractivity contribution is 0.0148. The molecule has 10 nitrogen and oxygen atoms in total. The second kappa shape index (κ2) is 10.2. The van der Waals surface area contributed by atoms with E-state index in [1.165, 1.54) is 6.20 Å². The molecule has 1 saturated heterocycles. The second-order valence-electron chi connectivity index (χ2n) is 9.23. The molecule has 0 saturated carbocycles. The van der Waals surface area contributed by atoms with Gasteiger partial charge in [-0.15, -0.1) is 0 Å². The van der Waals surface area contributed by atoms with Crippen LogP contribution in [0, 0.1) is 13.8 Å². The van der Waals surface area contributed by atoms with E-state index in [4.69, 9.17) is 4.74 Å². The van der Waals surface area contributed by atoms with Gasteiger partial charge >= 0.3 is 0 Å². The van der Waals surface area contributed by atoms with Gasteiger partial charge in [0.05, 0.1) is 40.0 Å². The minimum atomic E-state index is -3.66. The van der Waals surface area contributed by atoms with Crippen molar-refractivity contribution in [1.29, 1.82) is 0 Å². The maximum Gasteiger partial charge on any atom is 0.295 e. The first-order valence-corrected chi connectivity index (χ1v) is 14.0. The fraction of sp³-hybridized carbons (Fsp3) is 0.360. The summed E-state index contributed by atoms with van der Waals surface area (Å²) >= 11 is 0. The number of hydrogen-bond acceptors (Lipinski definition) is 9. The Morgan fingerprint density at radius 1 is 1.03 bits per heavy atom. The van der Waals surface area contributed by atoms with Gasteiger partial charge < -0.3 is 20.4 Å². The second-order valence-corrected chi connectivity index (χ2v) is 11.2. The first-order valence-electron chi connectivity index (χ1n) is 12.1. The maximum atomic E-state index is 13.5. The minimum Gasteiger partial charge on any atom is -0.374 e. The third-order valence-electron chi connectivity index (χ3n) is 6.35. The number of sulfone groups is 1. The van der Waals surface area contributed by atoms with E-state index >= 15 is 0 Å². The Morgan fingerprint density at radius 3 is 2.53 bits per heavy atom. The lowest BCUT2D eigenvalue weighted by Gasteiger charge is -2.24. The van der Waals surface area contributed by atoms with Gasteiger partial charge in [0.15, 0.2) is 21.3 Å². The van der Waals surface area contributed by atoms with Crippen molar-refractivity contribution >= 4 is 44.0 Å². The van der Waals surface area contributed by atoms with Gasteiger partial charge in [0, 0.05) is 18.9 Å². The highest BCUT2D eigenvalue weighted by Gasteiger charge is 2.23.